The number of unbranched alkanes of at least 4 members (excludes halogenated alkanes) is 15. The standard InChI is InChI=1S/C35H68NO8P/c1-3-31(2)21-17-13-9-7-8-12-16-20-24-35(38)44-33(30-43-45(39,40)42-28-27-36)29-41-34(37)23-19-15-11-6-4-5-10-14-18-22-32-25-26-32/h31-33H,3-30,36H2,1-2H3,(H,39,40)/t31?,33-/m0/s1. The van der Waals surface area contributed by atoms with Crippen molar-refractivity contribution in [2.45, 2.75) is 174 Å². The summed E-state index contributed by atoms with van der Waals surface area (Å²) in [6.45, 7) is 4.02. The molecule has 0 aromatic carbocycles. The Labute approximate surface area is 275 Å². The molecule has 1 aliphatic carbocycles. The zero-order chi connectivity index (χ0) is 33.0. The summed E-state index contributed by atoms with van der Waals surface area (Å²) in [5.74, 6) is 1.03. The molecule has 266 valence electrons. The first kappa shape index (κ1) is 42.0. The van der Waals surface area contributed by atoms with Crippen LogP contribution < -0.4 is 10.6 Å². The highest BCUT2D eigenvalue weighted by Gasteiger charge is 2.21. The van der Waals surface area contributed by atoms with Gasteiger partial charge in [-0.05, 0) is 24.7 Å². The molecule has 1 saturated carbocycles. The fourth-order valence-corrected chi connectivity index (χ4v) is 6.16. The Morgan fingerprint density at radius 3 is 1.80 bits per heavy atom. The van der Waals surface area contributed by atoms with Crippen molar-refractivity contribution < 1.29 is 43.3 Å². The topological polar surface area (TPSA) is 139 Å². The van der Waals surface area contributed by atoms with E-state index in [-0.39, 0.29) is 38.6 Å². The molecule has 3 atom stereocenters. The van der Waals surface area contributed by atoms with E-state index in [9.17, 15) is 19.0 Å². The van der Waals surface area contributed by atoms with Crippen LogP contribution in [0.2, 0.25) is 0 Å². The smallest absolute Gasteiger partial charge is 0.306 e. The van der Waals surface area contributed by atoms with Crippen LogP contribution in [0.3, 0.4) is 0 Å². The summed E-state index contributed by atoms with van der Waals surface area (Å²) in [4.78, 5) is 36.8. The highest BCUT2D eigenvalue weighted by Crippen LogP contribution is 2.38. The van der Waals surface area contributed by atoms with Crippen molar-refractivity contribution in [1.29, 1.82) is 0 Å². The molecule has 45 heavy (non-hydrogen) atoms. The number of hydrogen-bond donors (Lipinski definition) is 1. The van der Waals surface area contributed by atoms with Crippen LogP contribution in [0.4, 0.5) is 0 Å². The van der Waals surface area contributed by atoms with E-state index in [0.29, 0.717) is 6.42 Å². The van der Waals surface area contributed by atoms with Crippen LogP contribution in [0.15, 0.2) is 0 Å². The fourth-order valence-electron chi connectivity index (χ4n) is 5.38. The Kier molecular flexibility index (Phi) is 26.2. The zero-order valence-corrected chi connectivity index (χ0v) is 29.8. The molecule has 0 radical (unpaired) electrons. The molecule has 10 heteroatoms. The normalized spacial score (nSPS) is 15.8. The number of carbonyl (C=O) groups is 2. The number of ether oxygens (including phenoxy) is 2. The number of rotatable bonds is 33. The highest BCUT2D eigenvalue weighted by atomic mass is 31.2. The molecule has 9 nitrogen and oxygen atoms in total. The third-order valence-corrected chi connectivity index (χ3v) is 9.72. The van der Waals surface area contributed by atoms with Gasteiger partial charge in [-0.15, -0.1) is 0 Å². The molecular weight excluding hydrogens is 593 g/mol. The van der Waals surface area contributed by atoms with Crippen molar-refractivity contribution in [3.63, 3.8) is 0 Å². The second-order valence-electron chi connectivity index (χ2n) is 13.3. The quantitative estimate of drug-likeness (QED) is 0.0426. The van der Waals surface area contributed by atoms with Gasteiger partial charge in [-0.3, -0.25) is 14.2 Å². The number of esters is 2. The molecule has 0 amide bonds. The molecule has 0 heterocycles. The highest BCUT2D eigenvalue weighted by molar-refractivity contribution is 7.45. The number of phosphoric acid groups is 1. The summed E-state index contributed by atoms with van der Waals surface area (Å²) in [5.41, 5.74) is 3.54. The summed E-state index contributed by atoms with van der Waals surface area (Å²) < 4.78 is 32.4. The number of phosphoric ester groups is 1. The largest absolute Gasteiger partial charge is 0.756 e. The first-order valence-electron chi connectivity index (χ1n) is 18.5. The third kappa shape index (κ3) is 27.8. The Hall–Kier alpha value is -0.990. The molecule has 1 fully saturated rings. The monoisotopic (exact) mass is 661 g/mol. The predicted molar refractivity (Wildman–Crippen MR) is 177 cm³/mol. The lowest BCUT2D eigenvalue weighted by atomic mass is 9.99. The minimum Gasteiger partial charge on any atom is -0.756 e. The Bertz CT molecular complexity index is 779. The van der Waals surface area contributed by atoms with Crippen molar-refractivity contribution in [2.75, 3.05) is 26.4 Å². The SMILES string of the molecule is CCC(C)CCCCCCCCCCC(=O)O[C@@H](COC(=O)CCCCCCCCCCCC1CC1)COP(=O)([O-])OCC[NH3+]. The predicted octanol–water partition coefficient (Wildman–Crippen LogP) is 7.83. The van der Waals surface area contributed by atoms with E-state index in [2.05, 4.69) is 19.6 Å². The van der Waals surface area contributed by atoms with Crippen molar-refractivity contribution in [1.82, 2.24) is 0 Å². The average molecular weight is 662 g/mol. The lowest BCUT2D eigenvalue weighted by Crippen LogP contribution is -2.52. The molecule has 0 spiro atoms. The summed E-state index contributed by atoms with van der Waals surface area (Å²) in [5, 5.41) is 0. The Morgan fingerprint density at radius 1 is 0.756 bits per heavy atom. The molecule has 3 N–H and O–H groups in total. The van der Waals surface area contributed by atoms with Crippen LogP contribution in [0.5, 0.6) is 0 Å². The van der Waals surface area contributed by atoms with Gasteiger partial charge in [0, 0.05) is 12.8 Å². The maximum absolute atomic E-state index is 12.5. The molecule has 2 unspecified atom stereocenters. The van der Waals surface area contributed by atoms with Gasteiger partial charge in [-0.1, -0.05) is 142 Å². The van der Waals surface area contributed by atoms with E-state index < -0.39 is 26.5 Å². The molecule has 0 saturated heterocycles. The molecule has 0 aromatic heterocycles. The van der Waals surface area contributed by atoms with Gasteiger partial charge in [0.2, 0.25) is 0 Å². The van der Waals surface area contributed by atoms with E-state index in [1.165, 1.54) is 96.3 Å². The lowest BCUT2D eigenvalue weighted by Gasteiger charge is -2.25. The van der Waals surface area contributed by atoms with Crippen LogP contribution in [0.25, 0.3) is 0 Å². The van der Waals surface area contributed by atoms with Gasteiger partial charge in [0.15, 0.2) is 6.10 Å². The van der Waals surface area contributed by atoms with E-state index in [1.807, 2.05) is 0 Å². The number of carbonyl (C=O) groups excluding carboxylic acids is 2. The number of hydrogen-bond acceptors (Lipinski definition) is 8. The summed E-state index contributed by atoms with van der Waals surface area (Å²) >= 11 is 0. The van der Waals surface area contributed by atoms with Crippen LogP contribution >= 0.6 is 7.82 Å². The van der Waals surface area contributed by atoms with Gasteiger partial charge < -0.3 is 29.1 Å². The maximum atomic E-state index is 12.5. The van der Waals surface area contributed by atoms with Crippen molar-refractivity contribution in [2.24, 2.45) is 11.8 Å². The Balaban J connectivity index is 2.21. The lowest BCUT2D eigenvalue weighted by molar-refractivity contribution is -0.373. The maximum Gasteiger partial charge on any atom is 0.306 e. The summed E-state index contributed by atoms with van der Waals surface area (Å²) in [6.07, 6.45) is 26.0. The fraction of sp³-hybridized carbons (Fsp3) is 0.943. The second kappa shape index (κ2) is 28.1. The molecule has 0 aromatic rings. The van der Waals surface area contributed by atoms with Gasteiger partial charge in [0.1, 0.15) is 13.2 Å². The van der Waals surface area contributed by atoms with E-state index in [0.717, 1.165) is 50.4 Å². The minimum atomic E-state index is -4.57. The molecule has 0 aliphatic heterocycles. The molecular formula is C35H68NO8P. The van der Waals surface area contributed by atoms with Crippen LogP contribution in [-0.4, -0.2) is 44.4 Å². The molecule has 1 rings (SSSR count). The van der Waals surface area contributed by atoms with Gasteiger partial charge in [0.05, 0.1) is 13.2 Å². The second-order valence-corrected chi connectivity index (χ2v) is 14.7. The van der Waals surface area contributed by atoms with Gasteiger partial charge >= 0.3 is 11.9 Å². The van der Waals surface area contributed by atoms with E-state index in [4.69, 9.17) is 18.5 Å². The van der Waals surface area contributed by atoms with E-state index >= 15 is 0 Å². The van der Waals surface area contributed by atoms with Crippen molar-refractivity contribution >= 4 is 19.8 Å². The van der Waals surface area contributed by atoms with Crippen molar-refractivity contribution in [3.05, 3.63) is 0 Å². The van der Waals surface area contributed by atoms with E-state index in [1.54, 1.807) is 0 Å². The van der Waals surface area contributed by atoms with Gasteiger partial charge in [-0.25, -0.2) is 0 Å². The van der Waals surface area contributed by atoms with Crippen molar-refractivity contribution in [3.8, 4) is 0 Å². The van der Waals surface area contributed by atoms with Crippen LogP contribution in [0.1, 0.15) is 168 Å². The first-order valence-corrected chi connectivity index (χ1v) is 20.0. The van der Waals surface area contributed by atoms with Gasteiger partial charge in [-0.2, -0.15) is 0 Å². The average Bonchev–Trinajstić information content (AvgIpc) is 3.85. The Morgan fingerprint density at radius 2 is 1.27 bits per heavy atom. The first-order chi connectivity index (χ1) is 21.8. The third-order valence-electron chi connectivity index (χ3n) is 8.76. The minimum absolute atomic E-state index is 0.0986. The molecule has 1 aliphatic rings. The van der Waals surface area contributed by atoms with Crippen LogP contribution in [0, 0.1) is 11.8 Å². The molecule has 0 bridgehead atoms. The zero-order valence-electron chi connectivity index (χ0n) is 29.0. The van der Waals surface area contributed by atoms with Gasteiger partial charge in [0.25, 0.3) is 7.82 Å². The number of quaternary nitrogens is 1. The summed E-state index contributed by atoms with van der Waals surface area (Å²) in [6, 6.07) is 0. The summed E-state index contributed by atoms with van der Waals surface area (Å²) in [7, 11) is -4.57. The van der Waals surface area contributed by atoms with Crippen LogP contribution in [-0.2, 0) is 32.7 Å².